The van der Waals surface area contributed by atoms with E-state index in [0.717, 1.165) is 5.69 Å². The first kappa shape index (κ1) is 10.5. The molecule has 1 aromatic carbocycles. The second-order valence-corrected chi connectivity index (χ2v) is 3.78. The van der Waals surface area contributed by atoms with Gasteiger partial charge < -0.3 is 10.3 Å². The van der Waals surface area contributed by atoms with Gasteiger partial charge in [0.2, 0.25) is 0 Å². The van der Waals surface area contributed by atoms with Crippen LogP contribution in [-0.4, -0.2) is 20.9 Å². The molecule has 0 spiro atoms. The largest absolute Gasteiger partial charge is 0.344 e. The summed E-state index contributed by atoms with van der Waals surface area (Å²) in [5.74, 6) is -0.201. The lowest BCUT2D eigenvalue weighted by atomic mass is 10.2. The number of nitrogens with zero attached hydrogens (tertiary/aromatic N) is 2. The van der Waals surface area contributed by atoms with Crippen LogP contribution >= 0.6 is 0 Å². The zero-order valence-electron chi connectivity index (χ0n) is 9.42. The maximum absolute atomic E-state index is 12.1. The van der Waals surface area contributed by atoms with E-state index in [4.69, 9.17) is 0 Å². The molecule has 0 radical (unpaired) electrons. The average Bonchev–Trinajstić information content (AvgIpc) is 2.84. The zero-order valence-corrected chi connectivity index (χ0v) is 9.42. The summed E-state index contributed by atoms with van der Waals surface area (Å²) < 4.78 is 0. The van der Waals surface area contributed by atoms with Gasteiger partial charge in [-0.15, -0.1) is 0 Å². The molecular formula is C13H10N4O. The van der Waals surface area contributed by atoms with Crippen molar-refractivity contribution in [2.24, 2.45) is 0 Å². The third kappa shape index (κ3) is 1.82. The van der Waals surface area contributed by atoms with Gasteiger partial charge in [-0.05, 0) is 12.1 Å². The van der Waals surface area contributed by atoms with Gasteiger partial charge in [0.15, 0.2) is 5.65 Å². The highest BCUT2D eigenvalue weighted by molar-refractivity contribution is 6.11. The summed E-state index contributed by atoms with van der Waals surface area (Å²) in [5, 5.41) is 2.81. The summed E-state index contributed by atoms with van der Waals surface area (Å²) in [6.07, 6.45) is 4.76. The Kier molecular flexibility index (Phi) is 2.49. The number of amides is 1. The first-order valence-corrected chi connectivity index (χ1v) is 5.49. The van der Waals surface area contributed by atoms with Crippen LogP contribution in [0.4, 0.5) is 5.69 Å². The van der Waals surface area contributed by atoms with E-state index in [2.05, 4.69) is 20.3 Å². The monoisotopic (exact) mass is 238 g/mol. The molecule has 0 bridgehead atoms. The number of benzene rings is 1. The Hall–Kier alpha value is -2.69. The molecule has 0 saturated carbocycles. The summed E-state index contributed by atoms with van der Waals surface area (Å²) in [6.45, 7) is 0. The van der Waals surface area contributed by atoms with Gasteiger partial charge in [-0.2, -0.15) is 0 Å². The molecule has 0 aliphatic heterocycles. The van der Waals surface area contributed by atoms with Crippen molar-refractivity contribution in [2.75, 3.05) is 5.32 Å². The zero-order chi connectivity index (χ0) is 12.4. The van der Waals surface area contributed by atoms with Crippen molar-refractivity contribution in [3.8, 4) is 0 Å². The number of fused-ring (bicyclic) bond motifs is 1. The SMILES string of the molecule is O=C(Nc1ccccc1)c1c[nH]c2nccnc12. The molecule has 0 aliphatic carbocycles. The molecule has 2 N–H and O–H groups in total. The number of carbonyl (C=O) groups excluding carboxylic acids is 1. The molecule has 0 saturated heterocycles. The first-order valence-electron chi connectivity index (χ1n) is 5.49. The van der Waals surface area contributed by atoms with Crippen molar-refractivity contribution in [2.45, 2.75) is 0 Å². The molecule has 3 aromatic rings. The number of rotatable bonds is 2. The Balaban J connectivity index is 1.93. The molecule has 5 heteroatoms. The molecule has 0 unspecified atom stereocenters. The van der Waals surface area contributed by atoms with Gasteiger partial charge in [-0.1, -0.05) is 18.2 Å². The highest BCUT2D eigenvalue weighted by Crippen LogP contribution is 2.15. The van der Waals surface area contributed by atoms with Crippen LogP contribution in [0.3, 0.4) is 0 Å². The van der Waals surface area contributed by atoms with E-state index < -0.39 is 0 Å². The van der Waals surface area contributed by atoms with Crippen molar-refractivity contribution in [3.05, 3.63) is 54.5 Å². The van der Waals surface area contributed by atoms with Crippen molar-refractivity contribution in [1.29, 1.82) is 0 Å². The molecular weight excluding hydrogens is 228 g/mol. The number of aromatic amines is 1. The fourth-order valence-corrected chi connectivity index (χ4v) is 1.74. The van der Waals surface area contributed by atoms with Crippen LogP contribution in [0.5, 0.6) is 0 Å². The average molecular weight is 238 g/mol. The van der Waals surface area contributed by atoms with Crippen LogP contribution in [0.15, 0.2) is 48.9 Å². The van der Waals surface area contributed by atoms with Crippen LogP contribution < -0.4 is 5.32 Å². The second kappa shape index (κ2) is 4.29. The fraction of sp³-hybridized carbons (Fsp3) is 0. The molecule has 88 valence electrons. The van der Waals surface area contributed by atoms with E-state index in [1.807, 2.05) is 30.3 Å². The minimum Gasteiger partial charge on any atom is -0.344 e. The summed E-state index contributed by atoms with van der Waals surface area (Å²) in [5.41, 5.74) is 2.42. The van der Waals surface area contributed by atoms with Crippen molar-refractivity contribution < 1.29 is 4.79 Å². The van der Waals surface area contributed by atoms with Gasteiger partial charge in [0.1, 0.15) is 5.52 Å². The summed E-state index contributed by atoms with van der Waals surface area (Å²) in [6, 6.07) is 9.29. The van der Waals surface area contributed by atoms with Crippen molar-refractivity contribution in [1.82, 2.24) is 15.0 Å². The highest BCUT2D eigenvalue weighted by atomic mass is 16.1. The van der Waals surface area contributed by atoms with Crippen molar-refractivity contribution in [3.63, 3.8) is 0 Å². The minimum absolute atomic E-state index is 0.201. The number of aromatic nitrogens is 3. The lowest BCUT2D eigenvalue weighted by molar-refractivity contribution is 0.102. The minimum atomic E-state index is -0.201. The third-order valence-electron chi connectivity index (χ3n) is 2.58. The third-order valence-corrected chi connectivity index (χ3v) is 2.58. The van der Waals surface area contributed by atoms with Gasteiger partial charge >= 0.3 is 0 Å². The van der Waals surface area contributed by atoms with Gasteiger partial charge in [-0.3, -0.25) is 9.78 Å². The Morgan fingerprint density at radius 3 is 2.72 bits per heavy atom. The van der Waals surface area contributed by atoms with E-state index in [-0.39, 0.29) is 5.91 Å². The molecule has 5 nitrogen and oxygen atoms in total. The van der Waals surface area contributed by atoms with E-state index in [0.29, 0.717) is 16.7 Å². The van der Waals surface area contributed by atoms with Gasteiger partial charge in [0.25, 0.3) is 5.91 Å². The standard InChI is InChI=1S/C13H10N4O/c18-13(17-9-4-2-1-3-5-9)10-8-16-12-11(10)14-6-7-15-12/h1-8H,(H,15,16)(H,17,18). The molecule has 18 heavy (non-hydrogen) atoms. The highest BCUT2D eigenvalue weighted by Gasteiger charge is 2.13. The molecule has 1 amide bonds. The first-order chi connectivity index (χ1) is 8.84. The smallest absolute Gasteiger partial charge is 0.259 e. The number of hydrogen-bond acceptors (Lipinski definition) is 3. The Morgan fingerprint density at radius 2 is 1.89 bits per heavy atom. The normalized spacial score (nSPS) is 10.4. The van der Waals surface area contributed by atoms with Crippen molar-refractivity contribution >= 4 is 22.8 Å². The summed E-state index contributed by atoms with van der Waals surface area (Å²) >= 11 is 0. The number of carbonyl (C=O) groups is 1. The molecule has 2 heterocycles. The fourth-order valence-electron chi connectivity index (χ4n) is 1.74. The number of nitrogens with one attached hydrogen (secondary N) is 2. The maximum Gasteiger partial charge on any atom is 0.259 e. The molecule has 0 atom stereocenters. The molecule has 0 fully saturated rings. The number of hydrogen-bond donors (Lipinski definition) is 2. The number of anilines is 1. The molecule has 0 aliphatic rings. The van der Waals surface area contributed by atoms with Crippen LogP contribution in [0.1, 0.15) is 10.4 Å². The van der Waals surface area contributed by atoms with E-state index in [9.17, 15) is 4.79 Å². The summed E-state index contributed by atoms with van der Waals surface area (Å²) in [7, 11) is 0. The van der Waals surface area contributed by atoms with E-state index in [1.54, 1.807) is 18.6 Å². The maximum atomic E-state index is 12.1. The van der Waals surface area contributed by atoms with E-state index in [1.165, 1.54) is 0 Å². The Labute approximate surface area is 103 Å². The Bertz CT molecular complexity index is 690. The molecule has 2 aromatic heterocycles. The van der Waals surface area contributed by atoms with Gasteiger partial charge in [0.05, 0.1) is 5.56 Å². The lowest BCUT2D eigenvalue weighted by Gasteiger charge is -2.02. The second-order valence-electron chi connectivity index (χ2n) is 3.78. The van der Waals surface area contributed by atoms with Gasteiger partial charge in [-0.25, -0.2) is 4.98 Å². The quantitative estimate of drug-likeness (QED) is 0.719. The topological polar surface area (TPSA) is 70.7 Å². The van der Waals surface area contributed by atoms with Crippen LogP contribution in [0.2, 0.25) is 0 Å². The van der Waals surface area contributed by atoms with Crippen LogP contribution in [0.25, 0.3) is 11.2 Å². The van der Waals surface area contributed by atoms with Gasteiger partial charge in [0, 0.05) is 24.3 Å². The Morgan fingerprint density at radius 1 is 1.11 bits per heavy atom. The number of para-hydroxylation sites is 1. The van der Waals surface area contributed by atoms with E-state index >= 15 is 0 Å². The van der Waals surface area contributed by atoms with Crippen LogP contribution in [0, 0.1) is 0 Å². The number of H-pyrrole nitrogens is 1. The predicted molar refractivity (Wildman–Crippen MR) is 68.3 cm³/mol. The lowest BCUT2D eigenvalue weighted by Crippen LogP contribution is -2.11. The van der Waals surface area contributed by atoms with Crippen LogP contribution in [-0.2, 0) is 0 Å². The molecule has 3 rings (SSSR count). The summed E-state index contributed by atoms with van der Waals surface area (Å²) in [4.78, 5) is 23.3. The predicted octanol–water partition coefficient (Wildman–Crippen LogP) is 2.21.